The van der Waals surface area contributed by atoms with Crippen molar-refractivity contribution in [2.75, 3.05) is 13.6 Å². The van der Waals surface area contributed by atoms with E-state index in [1.54, 1.807) is 11.0 Å². The lowest BCUT2D eigenvalue weighted by Crippen LogP contribution is -2.43. The van der Waals surface area contributed by atoms with E-state index in [0.29, 0.717) is 18.5 Å². The van der Waals surface area contributed by atoms with Crippen LogP contribution < -0.4 is 5.32 Å². The van der Waals surface area contributed by atoms with Crippen LogP contribution in [-0.2, 0) is 24.2 Å². The minimum atomic E-state index is -0.888. The summed E-state index contributed by atoms with van der Waals surface area (Å²) in [5.74, 6) is -0.0338. The molecule has 1 amide bonds. The zero-order valence-corrected chi connectivity index (χ0v) is 21.5. The molecule has 2 aromatic carbocycles. The van der Waals surface area contributed by atoms with Gasteiger partial charge in [0.1, 0.15) is 17.5 Å². The fourth-order valence-corrected chi connectivity index (χ4v) is 4.18. The van der Waals surface area contributed by atoms with Gasteiger partial charge in [-0.15, -0.1) is 0 Å². The summed E-state index contributed by atoms with van der Waals surface area (Å²) in [5, 5.41) is 32.9. The Bertz CT molecular complexity index is 1150. The number of amides is 1. The van der Waals surface area contributed by atoms with Crippen LogP contribution in [0.5, 0.6) is 5.75 Å². The summed E-state index contributed by atoms with van der Waals surface area (Å²) >= 11 is 0. The zero-order chi connectivity index (χ0) is 26.3. The van der Waals surface area contributed by atoms with Crippen LogP contribution in [0.15, 0.2) is 66.7 Å². The maximum atomic E-state index is 13.0. The fourth-order valence-electron chi connectivity index (χ4n) is 4.18. The number of hydrogen-bond donors (Lipinski definition) is 4. The van der Waals surface area contributed by atoms with E-state index in [1.165, 1.54) is 6.07 Å². The van der Waals surface area contributed by atoms with Crippen molar-refractivity contribution in [3.05, 3.63) is 94.8 Å². The number of β-amino-alcohol motifs (C(OH)–C–C–N with tert-alkyl or cyclic N) is 1. The van der Waals surface area contributed by atoms with E-state index >= 15 is 0 Å². The largest absolute Gasteiger partial charge is 0.506 e. The second kappa shape index (κ2) is 12.1. The molecule has 0 radical (unpaired) electrons. The molecule has 7 heteroatoms. The van der Waals surface area contributed by atoms with Gasteiger partial charge >= 0.3 is 0 Å². The van der Waals surface area contributed by atoms with Crippen molar-refractivity contribution in [1.29, 1.82) is 0 Å². The van der Waals surface area contributed by atoms with Crippen molar-refractivity contribution in [1.82, 2.24) is 15.2 Å². The van der Waals surface area contributed by atoms with E-state index in [9.17, 15) is 20.1 Å². The Morgan fingerprint density at radius 2 is 1.75 bits per heavy atom. The van der Waals surface area contributed by atoms with Gasteiger partial charge in [-0.1, -0.05) is 54.6 Å². The first-order valence-electron chi connectivity index (χ1n) is 12.2. The van der Waals surface area contributed by atoms with Gasteiger partial charge in [-0.05, 0) is 56.0 Å². The summed E-state index contributed by atoms with van der Waals surface area (Å²) in [7, 11) is 1.84. The molecular weight excluding hydrogens is 454 g/mol. The average Bonchev–Trinajstić information content (AvgIpc) is 2.87. The maximum absolute atomic E-state index is 13.0. The summed E-state index contributed by atoms with van der Waals surface area (Å²) in [4.78, 5) is 18.9. The van der Waals surface area contributed by atoms with E-state index < -0.39 is 12.7 Å². The Labute approximate surface area is 213 Å². The van der Waals surface area contributed by atoms with Crippen LogP contribution in [0.4, 0.5) is 0 Å². The number of carbonyl (C=O) groups excluding carboxylic acids is 1. The Morgan fingerprint density at radius 1 is 1.06 bits per heavy atom. The summed E-state index contributed by atoms with van der Waals surface area (Å²) in [6.07, 6.45) is 0.137. The van der Waals surface area contributed by atoms with E-state index in [-0.39, 0.29) is 35.5 Å². The van der Waals surface area contributed by atoms with E-state index in [4.69, 9.17) is 0 Å². The highest BCUT2D eigenvalue weighted by Gasteiger charge is 2.22. The van der Waals surface area contributed by atoms with Crippen LogP contribution >= 0.6 is 0 Å². The molecule has 7 nitrogen and oxygen atoms in total. The van der Waals surface area contributed by atoms with Crippen LogP contribution in [0.25, 0.3) is 0 Å². The van der Waals surface area contributed by atoms with Crippen LogP contribution in [-0.4, -0.2) is 50.2 Å². The normalized spacial score (nSPS) is 13.3. The summed E-state index contributed by atoms with van der Waals surface area (Å²) in [5.41, 5.74) is 3.35. The van der Waals surface area contributed by atoms with Gasteiger partial charge in [-0.3, -0.25) is 4.79 Å². The van der Waals surface area contributed by atoms with Gasteiger partial charge in [0.2, 0.25) is 5.91 Å². The summed E-state index contributed by atoms with van der Waals surface area (Å²) in [6, 6.07) is 21.0. The molecule has 192 valence electrons. The number of hydrogen-bond acceptors (Lipinski definition) is 6. The SMILES string of the molecule is CC(c1ccccc1)N(C)C(=O)Cc1cccc(CC(C)(C)NCC(O)c2ccc(O)c(CO)n2)c1. The highest BCUT2D eigenvalue weighted by atomic mass is 16.3. The molecule has 3 rings (SSSR count). The maximum Gasteiger partial charge on any atom is 0.227 e. The smallest absolute Gasteiger partial charge is 0.227 e. The molecule has 1 heterocycles. The monoisotopic (exact) mass is 491 g/mol. The topological polar surface area (TPSA) is 106 Å². The van der Waals surface area contributed by atoms with Gasteiger partial charge < -0.3 is 25.5 Å². The molecule has 0 fully saturated rings. The number of benzene rings is 2. The number of nitrogens with one attached hydrogen (secondary N) is 1. The molecule has 0 aliphatic heterocycles. The molecule has 0 aliphatic rings. The molecule has 3 aromatic rings. The number of carbonyl (C=O) groups is 1. The number of nitrogens with zero attached hydrogens (tertiary/aromatic N) is 2. The van der Waals surface area contributed by atoms with Crippen molar-refractivity contribution < 1.29 is 20.1 Å². The number of aromatic nitrogens is 1. The number of likely N-dealkylation sites (N-methyl/N-ethyl adjacent to an activating group) is 1. The van der Waals surface area contributed by atoms with Crippen molar-refractivity contribution >= 4 is 5.91 Å². The molecular formula is C29H37N3O4. The number of pyridine rings is 1. The molecule has 1 aromatic heterocycles. The van der Waals surface area contributed by atoms with Gasteiger partial charge in [0.15, 0.2) is 0 Å². The lowest BCUT2D eigenvalue weighted by atomic mass is 9.93. The van der Waals surface area contributed by atoms with Crippen LogP contribution in [0, 0.1) is 0 Å². The van der Waals surface area contributed by atoms with Gasteiger partial charge in [-0.25, -0.2) is 4.98 Å². The van der Waals surface area contributed by atoms with Crippen molar-refractivity contribution in [3.8, 4) is 5.75 Å². The Hall–Kier alpha value is -3.26. The number of aliphatic hydroxyl groups is 2. The molecule has 2 unspecified atom stereocenters. The lowest BCUT2D eigenvalue weighted by Gasteiger charge is -2.28. The predicted octanol–water partition coefficient (Wildman–Crippen LogP) is 3.69. The van der Waals surface area contributed by atoms with Crippen LogP contribution in [0.1, 0.15) is 61.0 Å². The van der Waals surface area contributed by atoms with Gasteiger partial charge in [0, 0.05) is 19.1 Å². The molecule has 4 N–H and O–H groups in total. The molecule has 0 bridgehead atoms. The van der Waals surface area contributed by atoms with Gasteiger partial charge in [0.25, 0.3) is 0 Å². The Balaban J connectivity index is 1.58. The molecule has 0 saturated carbocycles. The van der Waals surface area contributed by atoms with Crippen molar-refractivity contribution in [2.45, 2.75) is 57.9 Å². The number of rotatable bonds is 11. The third kappa shape index (κ3) is 7.37. The van der Waals surface area contributed by atoms with Crippen LogP contribution in [0.3, 0.4) is 0 Å². The second-order valence-electron chi connectivity index (χ2n) is 9.91. The van der Waals surface area contributed by atoms with Crippen LogP contribution in [0.2, 0.25) is 0 Å². The first kappa shape index (κ1) is 27.3. The second-order valence-corrected chi connectivity index (χ2v) is 9.91. The van der Waals surface area contributed by atoms with Gasteiger partial charge in [-0.2, -0.15) is 0 Å². The molecule has 36 heavy (non-hydrogen) atoms. The molecule has 0 spiro atoms. The van der Waals surface area contributed by atoms with Crippen molar-refractivity contribution in [2.24, 2.45) is 0 Å². The first-order chi connectivity index (χ1) is 17.1. The zero-order valence-electron chi connectivity index (χ0n) is 21.5. The summed E-state index contributed by atoms with van der Waals surface area (Å²) < 4.78 is 0. The Kier molecular flexibility index (Phi) is 9.20. The lowest BCUT2D eigenvalue weighted by molar-refractivity contribution is -0.131. The third-order valence-electron chi connectivity index (χ3n) is 6.49. The van der Waals surface area contributed by atoms with Crippen molar-refractivity contribution in [3.63, 3.8) is 0 Å². The number of aliphatic hydroxyl groups excluding tert-OH is 2. The molecule has 0 saturated heterocycles. The highest BCUT2D eigenvalue weighted by molar-refractivity contribution is 5.79. The van der Waals surface area contributed by atoms with E-state index in [2.05, 4.69) is 30.2 Å². The Morgan fingerprint density at radius 3 is 2.44 bits per heavy atom. The fraction of sp³-hybridized carbons (Fsp3) is 0.379. The standard InChI is InChI=1S/C29H37N3O4/c1-20(23-11-6-5-7-12-23)32(4)28(36)16-21-9-8-10-22(15-21)17-29(2,3)30-18-27(35)24-13-14-26(34)25(19-33)31-24/h5-15,20,27,30,33-35H,16-19H2,1-4H3. The summed E-state index contributed by atoms with van der Waals surface area (Å²) in [6.45, 7) is 6.00. The van der Waals surface area contributed by atoms with Gasteiger partial charge in [0.05, 0.1) is 24.8 Å². The third-order valence-corrected chi connectivity index (χ3v) is 6.49. The molecule has 2 atom stereocenters. The molecule has 0 aliphatic carbocycles. The minimum absolute atomic E-state index is 0.00651. The highest BCUT2D eigenvalue weighted by Crippen LogP contribution is 2.22. The predicted molar refractivity (Wildman–Crippen MR) is 140 cm³/mol. The quantitative estimate of drug-likeness (QED) is 0.326. The average molecular weight is 492 g/mol. The van der Waals surface area contributed by atoms with E-state index in [0.717, 1.165) is 16.7 Å². The minimum Gasteiger partial charge on any atom is -0.506 e. The van der Waals surface area contributed by atoms with E-state index in [1.807, 2.05) is 62.5 Å². The first-order valence-corrected chi connectivity index (χ1v) is 12.2. The number of aromatic hydroxyl groups is 1.